The zero-order valence-electron chi connectivity index (χ0n) is 17.5. The van der Waals surface area contributed by atoms with Crippen molar-refractivity contribution in [2.24, 2.45) is 0 Å². The number of likely N-dealkylation sites (tertiary alicyclic amines) is 1. The molecule has 3 atom stereocenters. The molecule has 7 heteroatoms. The number of hydrazine groups is 1. The van der Waals surface area contributed by atoms with E-state index in [9.17, 15) is 4.39 Å². The van der Waals surface area contributed by atoms with E-state index >= 15 is 0 Å². The van der Waals surface area contributed by atoms with Gasteiger partial charge in [-0.15, -0.1) is 0 Å². The molecule has 162 valence electrons. The number of benzene rings is 2. The van der Waals surface area contributed by atoms with E-state index in [4.69, 9.17) is 4.74 Å². The van der Waals surface area contributed by atoms with Gasteiger partial charge in [0.25, 0.3) is 0 Å². The lowest BCUT2D eigenvalue weighted by Crippen LogP contribution is -2.45. The van der Waals surface area contributed by atoms with Crippen LogP contribution >= 0.6 is 0 Å². The van der Waals surface area contributed by atoms with Crippen LogP contribution in [-0.2, 0) is 6.54 Å². The average Bonchev–Trinajstić information content (AvgIpc) is 3.44. The Morgan fingerprint density at radius 2 is 1.94 bits per heavy atom. The summed E-state index contributed by atoms with van der Waals surface area (Å²) < 4.78 is 19.3. The molecule has 3 aromatic rings. The number of nitrogens with zero attached hydrogens (tertiary/aromatic N) is 3. The zero-order valence-corrected chi connectivity index (χ0v) is 17.5. The summed E-state index contributed by atoms with van der Waals surface area (Å²) in [6, 6.07) is 14.2. The Balaban J connectivity index is 1.15. The van der Waals surface area contributed by atoms with Crippen LogP contribution in [0.15, 0.2) is 54.9 Å². The predicted octanol–water partition coefficient (Wildman–Crippen LogP) is 3.44. The first kappa shape index (κ1) is 20.3. The number of nitrogens with one attached hydrogen (secondary N) is 2. The average molecular weight is 422 g/mol. The van der Waals surface area contributed by atoms with Gasteiger partial charge in [0.05, 0.1) is 17.6 Å². The number of halogens is 1. The molecule has 5 rings (SSSR count). The lowest BCUT2D eigenvalue weighted by atomic mass is 9.99. The van der Waals surface area contributed by atoms with Crippen molar-refractivity contribution >= 4 is 11.0 Å². The monoisotopic (exact) mass is 421 g/mol. The van der Waals surface area contributed by atoms with Gasteiger partial charge in [-0.1, -0.05) is 18.2 Å². The molecule has 31 heavy (non-hydrogen) atoms. The molecule has 0 amide bonds. The molecule has 0 saturated carbocycles. The highest BCUT2D eigenvalue weighted by Gasteiger charge is 2.36. The van der Waals surface area contributed by atoms with Crippen LogP contribution < -0.4 is 15.6 Å². The molecule has 2 N–H and O–H groups in total. The molecule has 2 aromatic carbocycles. The summed E-state index contributed by atoms with van der Waals surface area (Å²) in [5, 5.41) is 0. The van der Waals surface area contributed by atoms with Crippen molar-refractivity contribution in [2.75, 3.05) is 13.2 Å². The lowest BCUT2D eigenvalue weighted by molar-refractivity contribution is 0.203. The summed E-state index contributed by atoms with van der Waals surface area (Å²) in [6.45, 7) is 2.54. The van der Waals surface area contributed by atoms with Gasteiger partial charge in [-0.3, -0.25) is 25.7 Å². The Morgan fingerprint density at radius 3 is 2.84 bits per heavy atom. The van der Waals surface area contributed by atoms with Crippen molar-refractivity contribution in [3.05, 3.63) is 66.2 Å². The first-order chi connectivity index (χ1) is 15.3. The lowest BCUT2D eigenvalue weighted by Gasteiger charge is -2.29. The van der Waals surface area contributed by atoms with Gasteiger partial charge < -0.3 is 4.74 Å². The second-order valence-corrected chi connectivity index (χ2v) is 8.45. The van der Waals surface area contributed by atoms with Gasteiger partial charge in [0.15, 0.2) is 11.6 Å². The van der Waals surface area contributed by atoms with E-state index in [0.717, 1.165) is 37.0 Å². The van der Waals surface area contributed by atoms with E-state index in [1.807, 2.05) is 0 Å². The van der Waals surface area contributed by atoms with E-state index in [1.165, 1.54) is 24.5 Å². The molecule has 2 aliphatic heterocycles. The number of aromatic nitrogens is 2. The summed E-state index contributed by atoms with van der Waals surface area (Å²) in [6.07, 6.45) is 7.78. The van der Waals surface area contributed by atoms with Crippen LogP contribution in [0.2, 0.25) is 0 Å². The van der Waals surface area contributed by atoms with Gasteiger partial charge in [-0.05, 0) is 62.1 Å². The highest BCUT2D eigenvalue weighted by Crippen LogP contribution is 2.27. The molecule has 0 bridgehead atoms. The molecule has 3 unspecified atom stereocenters. The second kappa shape index (κ2) is 9.26. The molecule has 0 radical (unpaired) electrons. The van der Waals surface area contributed by atoms with Crippen LogP contribution in [0.25, 0.3) is 11.0 Å². The molecular weight excluding hydrogens is 393 g/mol. The van der Waals surface area contributed by atoms with Gasteiger partial charge >= 0.3 is 0 Å². The van der Waals surface area contributed by atoms with Crippen molar-refractivity contribution < 1.29 is 9.13 Å². The van der Waals surface area contributed by atoms with E-state index < -0.39 is 0 Å². The van der Waals surface area contributed by atoms with Crippen LogP contribution in [0.5, 0.6) is 5.75 Å². The van der Waals surface area contributed by atoms with Crippen LogP contribution in [0.1, 0.15) is 31.2 Å². The minimum atomic E-state index is -0.306. The van der Waals surface area contributed by atoms with Crippen LogP contribution in [0, 0.1) is 5.82 Å². The highest BCUT2D eigenvalue weighted by molar-refractivity contribution is 5.74. The molecule has 0 spiro atoms. The Hall–Kier alpha value is -2.61. The zero-order chi connectivity index (χ0) is 21.0. The summed E-state index contributed by atoms with van der Waals surface area (Å²) >= 11 is 0. The maximum absolute atomic E-state index is 13.7. The Bertz CT molecular complexity index is 1030. The number of hydrogen-bond acceptors (Lipinski definition) is 6. The fourth-order valence-corrected chi connectivity index (χ4v) is 4.81. The van der Waals surface area contributed by atoms with Gasteiger partial charge in [-0.25, -0.2) is 4.39 Å². The Labute approximate surface area is 181 Å². The number of ether oxygens (including phenoxy) is 1. The minimum absolute atomic E-state index is 0.306. The molecule has 2 fully saturated rings. The molecule has 6 nitrogen and oxygen atoms in total. The van der Waals surface area contributed by atoms with Crippen LogP contribution in [0.3, 0.4) is 0 Å². The molecule has 1 aromatic heterocycles. The summed E-state index contributed by atoms with van der Waals surface area (Å²) in [5.41, 5.74) is 10.1. The molecular formula is C24H28FN5O. The van der Waals surface area contributed by atoms with Gasteiger partial charge in [0, 0.05) is 37.1 Å². The van der Waals surface area contributed by atoms with Gasteiger partial charge in [0.1, 0.15) is 0 Å². The topological polar surface area (TPSA) is 62.3 Å². The highest BCUT2D eigenvalue weighted by atomic mass is 19.1. The van der Waals surface area contributed by atoms with Crippen molar-refractivity contribution in [1.29, 1.82) is 0 Å². The summed E-state index contributed by atoms with van der Waals surface area (Å²) in [4.78, 5) is 11.4. The maximum Gasteiger partial charge on any atom is 0.165 e. The normalized spacial score (nSPS) is 24.1. The number of para-hydroxylation sites is 1. The number of hydrogen-bond donors (Lipinski definition) is 2. The number of rotatable bonds is 7. The Kier molecular flexibility index (Phi) is 6.06. The summed E-state index contributed by atoms with van der Waals surface area (Å²) in [7, 11) is 0. The van der Waals surface area contributed by atoms with Gasteiger partial charge in [-0.2, -0.15) is 0 Å². The van der Waals surface area contributed by atoms with E-state index in [-0.39, 0.29) is 5.82 Å². The van der Waals surface area contributed by atoms with E-state index in [2.05, 4.69) is 43.9 Å². The van der Waals surface area contributed by atoms with Crippen molar-refractivity contribution in [3.63, 3.8) is 0 Å². The van der Waals surface area contributed by atoms with E-state index in [1.54, 1.807) is 30.6 Å². The SMILES string of the molecule is Fc1ccccc1OCCC1CC(C2CCCN2Cc2ccc3nccnc3c2)NN1. The molecule has 2 aliphatic rings. The minimum Gasteiger partial charge on any atom is -0.490 e. The fourth-order valence-electron chi connectivity index (χ4n) is 4.81. The first-order valence-electron chi connectivity index (χ1n) is 11.1. The standard InChI is InChI=1S/C24H28FN5O/c25-19-4-1-2-6-24(19)31-13-9-18-15-22(29-28-18)23-5-3-12-30(23)16-17-7-8-20-21(14-17)27-11-10-26-20/h1-2,4,6-8,10-11,14,18,22-23,28-29H,3,5,9,12-13,15-16H2. The molecule has 0 aliphatic carbocycles. The van der Waals surface area contributed by atoms with Crippen LogP contribution in [-0.4, -0.2) is 46.1 Å². The Morgan fingerprint density at radius 1 is 1.06 bits per heavy atom. The van der Waals surface area contributed by atoms with Gasteiger partial charge in [0.2, 0.25) is 0 Å². The third-order valence-electron chi connectivity index (χ3n) is 6.37. The second-order valence-electron chi connectivity index (χ2n) is 8.45. The third-order valence-corrected chi connectivity index (χ3v) is 6.37. The predicted molar refractivity (Wildman–Crippen MR) is 118 cm³/mol. The quantitative estimate of drug-likeness (QED) is 0.610. The third kappa shape index (κ3) is 4.69. The fraction of sp³-hybridized carbons (Fsp3) is 0.417. The summed E-state index contributed by atoms with van der Waals surface area (Å²) in [5.74, 6) is 0.0196. The van der Waals surface area contributed by atoms with Crippen LogP contribution in [0.4, 0.5) is 4.39 Å². The maximum atomic E-state index is 13.7. The van der Waals surface area contributed by atoms with E-state index in [0.29, 0.717) is 30.5 Å². The molecule has 2 saturated heterocycles. The van der Waals surface area contributed by atoms with Crippen molar-refractivity contribution in [2.45, 2.75) is 50.4 Å². The number of fused-ring (bicyclic) bond motifs is 1. The molecule has 3 heterocycles. The first-order valence-corrected chi connectivity index (χ1v) is 11.1. The largest absolute Gasteiger partial charge is 0.490 e. The smallest absolute Gasteiger partial charge is 0.165 e. The van der Waals surface area contributed by atoms with Crippen molar-refractivity contribution in [1.82, 2.24) is 25.7 Å². The van der Waals surface area contributed by atoms with Crippen molar-refractivity contribution in [3.8, 4) is 5.75 Å².